The van der Waals surface area contributed by atoms with Gasteiger partial charge in [-0.2, -0.15) is 86.9 Å². The van der Waals surface area contributed by atoms with Gasteiger partial charge in [-0.1, -0.05) is 168 Å². The molecule has 45 heteroatoms. The van der Waals surface area contributed by atoms with Gasteiger partial charge in [-0.05, 0) is 35.8 Å². The largest absolute Gasteiger partial charge is 0.417 e. The van der Waals surface area contributed by atoms with Crippen LogP contribution in [-0.4, -0.2) is 62.8 Å². The summed E-state index contributed by atoms with van der Waals surface area (Å²) in [4.78, 5) is 9.17. The molecule has 8 aromatic carbocycles. The van der Waals surface area contributed by atoms with Crippen LogP contribution in [0, 0.1) is 124 Å². The number of hydrogen-bond donors (Lipinski definition) is 0. The van der Waals surface area contributed by atoms with E-state index in [0.29, 0.717) is 0 Å². The van der Waals surface area contributed by atoms with Gasteiger partial charge in [0, 0.05) is 10.6 Å². The lowest BCUT2D eigenvalue weighted by atomic mass is 9.76. The summed E-state index contributed by atoms with van der Waals surface area (Å²) in [5.74, 6) is -11.8. The summed E-state index contributed by atoms with van der Waals surface area (Å²) in [7, 11) is 41.1. The van der Waals surface area contributed by atoms with E-state index < -0.39 is 116 Å². The van der Waals surface area contributed by atoms with Crippen molar-refractivity contribution in [3.8, 4) is 36.6 Å². The minimum atomic E-state index is -6.90. The number of terminal acetylenes is 1. The van der Waals surface area contributed by atoms with Crippen molar-refractivity contribution in [3.05, 3.63) is 244 Å². The average Bonchev–Trinajstić information content (AvgIpc) is 0.708. The van der Waals surface area contributed by atoms with E-state index >= 15 is 0 Å². The van der Waals surface area contributed by atoms with Gasteiger partial charge in [0.2, 0.25) is 0 Å². The Morgan fingerprint density at radius 2 is 0.664 bits per heavy atom. The summed E-state index contributed by atoms with van der Waals surface area (Å²) in [6.45, 7) is 20.6. The van der Waals surface area contributed by atoms with Crippen molar-refractivity contribution in [3.63, 3.8) is 0 Å². The van der Waals surface area contributed by atoms with E-state index in [1.165, 1.54) is 6.07 Å². The maximum atomic E-state index is 12.9. The normalized spacial score (nSPS) is 10.6. The van der Waals surface area contributed by atoms with Crippen molar-refractivity contribution in [2.24, 2.45) is 0 Å². The zero-order valence-electron chi connectivity index (χ0n) is 51.1. The molecule has 0 saturated heterocycles. The molecule has 0 aliphatic heterocycles. The Bertz CT molecular complexity index is 4630. The molecule has 16 radical (unpaired) electrons. The fourth-order valence-electron chi connectivity index (χ4n) is 7.21. The number of nitriles is 4. The number of hydrogen-bond acceptors (Lipinski definition) is 4. The Morgan fingerprint density at radius 1 is 0.336 bits per heavy atom. The van der Waals surface area contributed by atoms with Gasteiger partial charge in [0.25, 0.3) is 0 Å². The van der Waals surface area contributed by atoms with Crippen molar-refractivity contribution in [2.45, 2.75) is 30.9 Å². The summed E-state index contributed by atoms with van der Waals surface area (Å²) < 4.78 is 290. The van der Waals surface area contributed by atoms with Gasteiger partial charge in [-0.3, -0.25) is 0 Å². The molecule has 0 spiro atoms. The van der Waals surface area contributed by atoms with Gasteiger partial charge in [0.1, 0.15) is 47.1 Å². The summed E-state index contributed by atoms with van der Waals surface area (Å²) in [5.41, 5.74) is -23.1. The molecule has 8 rings (SSSR count). The quantitative estimate of drug-likeness (QED) is 0.0376. The van der Waals surface area contributed by atoms with E-state index in [-0.39, 0.29) is 96.3 Å². The van der Waals surface area contributed by atoms with Crippen molar-refractivity contribution in [1.82, 2.24) is 0 Å². The van der Waals surface area contributed by atoms with E-state index in [4.69, 9.17) is 175 Å². The lowest BCUT2D eigenvalue weighted by molar-refractivity contribution is -0.188. The minimum Gasteiger partial charge on any atom is -0.239 e. The van der Waals surface area contributed by atoms with Crippen LogP contribution in [-0.2, 0) is 30.9 Å². The molecule has 107 heavy (non-hydrogen) atoms. The van der Waals surface area contributed by atoms with E-state index in [1.807, 2.05) is 48.5 Å². The van der Waals surface area contributed by atoms with E-state index in [1.54, 1.807) is 30.3 Å². The lowest BCUT2D eigenvalue weighted by Gasteiger charge is -2.29. The zero-order chi connectivity index (χ0) is 83.4. The molecule has 0 bridgehead atoms. The van der Waals surface area contributed by atoms with Gasteiger partial charge in [-0.25, -0.2) is 49.7 Å². The van der Waals surface area contributed by atoms with Crippen LogP contribution >= 0.6 is 81.2 Å². The molecule has 0 aromatic heterocycles. The predicted octanol–water partition coefficient (Wildman–Crippen LogP) is 15.7. The highest BCUT2D eigenvalue weighted by Gasteiger charge is 2.59. The second-order valence-corrected chi connectivity index (χ2v) is 21.4. The highest BCUT2D eigenvalue weighted by Crippen LogP contribution is 2.54. The Morgan fingerprint density at radius 3 is 0.963 bits per heavy atom. The molecule has 530 valence electrons. The molecular weight excluding hydrogens is 1610 g/mol. The van der Waals surface area contributed by atoms with Crippen molar-refractivity contribution < 1.29 is 101 Å². The lowest BCUT2D eigenvalue weighted by Crippen LogP contribution is -2.39. The van der Waals surface area contributed by atoms with Crippen molar-refractivity contribution in [2.75, 3.05) is 0 Å². The average molecular weight is 1630 g/mol. The van der Waals surface area contributed by atoms with Crippen LogP contribution in [0.5, 0.6) is 0 Å². The van der Waals surface area contributed by atoms with Gasteiger partial charge in [0.15, 0.2) is 63.6 Å². The third-order valence-electron chi connectivity index (χ3n) is 11.8. The number of alkyl halides is 15. The molecule has 0 N–H and O–H groups in total. The Hall–Kier alpha value is -9.31. The maximum absolute atomic E-state index is 12.9. The first-order chi connectivity index (χ1) is 49.0. The molecule has 0 heterocycles. The predicted molar refractivity (Wildman–Crippen MR) is 360 cm³/mol. The molecule has 0 aliphatic carbocycles. The fraction of sp³-hybridized carbons (Fsp3) is 0.0806. The number of benzene rings is 8. The molecule has 0 atom stereocenters. The summed E-state index contributed by atoms with van der Waals surface area (Å²) >= 11 is 39.7. The molecule has 0 aliphatic rings. The molecular formula is C62H13B8Cl7F23N7. The fourth-order valence-corrected chi connectivity index (χ4v) is 8.71. The van der Waals surface area contributed by atoms with Gasteiger partial charge >= 0.3 is 30.9 Å². The SMILES string of the molecule is [B]c1c(C(F)(F)F)c(C(F)(F)F)c(C(F)(F)F)c(C(F)(F)F)c1C(F)(F)F.[B]c1c(Cl)c(Cl)c(Cl)c(Cl)c1Cl.[B]c1c(Cl)c(Cl)cc(C#N)c1[N+]#[C-].[B]c1c(F)c(F)c(F)c(F)c1F.[B]c1c([N+]#[C-])c(C#N)c(C#N)c(C#N)c1[N+]#[C-].[B]c1cc(F)c(F)c(F)c1.[B]c1ccc(C#C)cc1.[B]c1ccccc1. The monoisotopic (exact) mass is 1620 g/mol. The smallest absolute Gasteiger partial charge is 0.239 e. The van der Waals surface area contributed by atoms with E-state index in [2.05, 4.69) is 36.1 Å². The van der Waals surface area contributed by atoms with E-state index in [9.17, 15) is 101 Å². The second-order valence-electron chi connectivity index (χ2n) is 18.7. The Balaban J connectivity index is 0.000000633. The Kier molecular flexibility index (Phi) is 35.8. The molecule has 8 aromatic rings. The molecule has 0 amide bonds. The van der Waals surface area contributed by atoms with Crippen LogP contribution in [0.4, 0.5) is 118 Å². The third kappa shape index (κ3) is 24.9. The summed E-state index contributed by atoms with van der Waals surface area (Å²) in [5, 5.41) is 36.2. The maximum Gasteiger partial charge on any atom is 0.417 e. The van der Waals surface area contributed by atoms with Crippen molar-refractivity contribution in [1.29, 1.82) is 21.0 Å². The highest BCUT2D eigenvalue weighted by atomic mass is 35.5. The zero-order valence-corrected chi connectivity index (χ0v) is 56.4. The first kappa shape index (κ1) is 95.7. The summed E-state index contributed by atoms with van der Waals surface area (Å²) in [6.07, 6.45) is -28.6. The minimum absolute atomic E-state index is 0.0527. The van der Waals surface area contributed by atoms with Gasteiger partial charge in [0.05, 0.1) is 140 Å². The van der Waals surface area contributed by atoms with E-state index in [0.717, 1.165) is 28.6 Å². The first-order valence-electron chi connectivity index (χ1n) is 26.0. The molecule has 0 saturated carbocycles. The van der Waals surface area contributed by atoms with Gasteiger partial charge in [-0.15, -0.1) is 6.42 Å². The van der Waals surface area contributed by atoms with Crippen LogP contribution < -0.4 is 43.7 Å². The number of rotatable bonds is 0. The molecule has 7 nitrogen and oxygen atoms in total. The standard InChI is InChI=1S/C11BF15.C11BN5.C8HBCl2N2.C8H5B.C6BCl5.C6BF5.C6H2BF3.C6H5B/c12-6-4(10(22,23)24)2(8(16,17)18)1(7(13,14)15)3(9(19,20)21)5(6)11(25,26)27;1-16-10-7(4-14)6(3-13)8(5-15)11(17-2)9(10)12;1-13-8-4(3-12)2-5(10)7(11)6(8)9;1-2-7-3-5-8(9)6-4-7;2*7-1-2(8)4(10)6(12)5(11)3(1)9;7-3-1-4(8)6(10)5(9)2-3;7-6-4-2-1-3-5-6/h;;2H;1,3-6H;;;1-2H;1-5H. The molecule has 0 fully saturated rings. The van der Waals surface area contributed by atoms with Crippen LogP contribution in [0.15, 0.2) is 72.8 Å². The summed E-state index contributed by atoms with van der Waals surface area (Å²) in [6, 6.07) is 26.3. The highest BCUT2D eigenvalue weighted by molar-refractivity contribution is 6.61. The third-order valence-corrected chi connectivity index (χ3v) is 14.9. The van der Waals surface area contributed by atoms with Gasteiger partial charge < -0.3 is 0 Å². The Labute approximate surface area is 635 Å². The van der Waals surface area contributed by atoms with Crippen LogP contribution in [0.3, 0.4) is 0 Å². The number of nitrogens with zero attached hydrogens (tertiary/aromatic N) is 7. The van der Waals surface area contributed by atoms with Crippen molar-refractivity contribution >= 4 is 205 Å². The van der Waals surface area contributed by atoms with Crippen LogP contribution in [0.25, 0.3) is 14.5 Å². The topological polar surface area (TPSA) is 108 Å². The van der Waals surface area contributed by atoms with Crippen LogP contribution in [0.2, 0.25) is 35.2 Å². The second kappa shape index (κ2) is 40.0. The first-order valence-corrected chi connectivity index (χ1v) is 28.6. The number of halogens is 30. The molecule has 0 unspecified atom stereocenters. The van der Waals surface area contributed by atoms with Crippen LogP contribution in [0.1, 0.15) is 55.6 Å².